The fraction of sp³-hybridized carbons (Fsp3) is 0.250. The Morgan fingerprint density at radius 1 is 1.25 bits per heavy atom. The number of nitrogens with zero attached hydrogens (tertiary/aromatic N) is 1. The zero-order valence-corrected chi connectivity index (χ0v) is 9.33. The molecule has 16 heavy (non-hydrogen) atoms. The van der Waals surface area contributed by atoms with Crippen LogP contribution in [-0.2, 0) is 4.84 Å². The van der Waals surface area contributed by atoms with Crippen molar-refractivity contribution in [1.29, 1.82) is 0 Å². The summed E-state index contributed by atoms with van der Waals surface area (Å²) in [5.74, 6) is 0.765. The molecule has 0 aliphatic heterocycles. The number of oxime groups is 1. The maximum Gasteiger partial charge on any atom is 0.118 e. The number of hydrogen-bond donors (Lipinski definition) is 1. The van der Waals surface area contributed by atoms with Gasteiger partial charge in [0.25, 0.3) is 0 Å². The van der Waals surface area contributed by atoms with Gasteiger partial charge >= 0.3 is 0 Å². The summed E-state index contributed by atoms with van der Waals surface area (Å²) in [6, 6.07) is 7.22. The zero-order valence-electron chi connectivity index (χ0n) is 9.33. The molecule has 0 heterocycles. The fourth-order valence-electron chi connectivity index (χ4n) is 1.16. The van der Waals surface area contributed by atoms with E-state index in [0.29, 0.717) is 0 Å². The number of aliphatic hydroxyl groups excluding tert-OH is 1. The maximum atomic E-state index is 9.75. The predicted octanol–water partition coefficient (Wildman–Crippen LogP) is 1.92. The first-order chi connectivity index (χ1) is 7.77. The average molecular weight is 221 g/mol. The van der Waals surface area contributed by atoms with E-state index in [2.05, 4.69) is 9.99 Å². The molecule has 0 saturated carbocycles. The summed E-state index contributed by atoms with van der Waals surface area (Å²) in [5.41, 5.74) is 0.794. The Morgan fingerprint density at radius 2 is 1.94 bits per heavy atom. The molecule has 86 valence electrons. The van der Waals surface area contributed by atoms with Gasteiger partial charge in [-0.1, -0.05) is 23.4 Å². The van der Waals surface area contributed by atoms with Crippen molar-refractivity contribution in [3.63, 3.8) is 0 Å². The molecule has 0 saturated heterocycles. The second kappa shape index (κ2) is 6.63. The molecule has 1 aromatic carbocycles. The van der Waals surface area contributed by atoms with Crippen LogP contribution < -0.4 is 4.74 Å². The van der Waals surface area contributed by atoms with Gasteiger partial charge in [0.15, 0.2) is 0 Å². The quantitative estimate of drug-likeness (QED) is 0.610. The maximum absolute atomic E-state index is 9.75. The van der Waals surface area contributed by atoms with Crippen LogP contribution in [0.1, 0.15) is 11.7 Å². The summed E-state index contributed by atoms with van der Waals surface area (Å²) in [6.07, 6.45) is 4.05. The molecule has 0 radical (unpaired) electrons. The van der Waals surface area contributed by atoms with E-state index in [-0.39, 0.29) is 0 Å². The number of ether oxygens (including phenoxy) is 1. The summed E-state index contributed by atoms with van der Waals surface area (Å²) < 4.78 is 5.02. The third-order valence-corrected chi connectivity index (χ3v) is 2.00. The highest BCUT2D eigenvalue weighted by Gasteiger charge is 2.02. The van der Waals surface area contributed by atoms with Gasteiger partial charge in [-0.05, 0) is 23.8 Å². The highest BCUT2D eigenvalue weighted by atomic mass is 16.6. The Balaban J connectivity index is 2.61. The number of hydrogen-bond acceptors (Lipinski definition) is 4. The van der Waals surface area contributed by atoms with Crippen molar-refractivity contribution in [2.45, 2.75) is 6.10 Å². The molecule has 4 heteroatoms. The summed E-state index contributed by atoms with van der Waals surface area (Å²) >= 11 is 0. The topological polar surface area (TPSA) is 51.0 Å². The number of rotatable bonds is 5. The van der Waals surface area contributed by atoms with Gasteiger partial charge in [-0.3, -0.25) is 0 Å². The van der Waals surface area contributed by atoms with Crippen LogP contribution in [0, 0.1) is 0 Å². The first-order valence-electron chi connectivity index (χ1n) is 4.83. The average Bonchev–Trinajstić information content (AvgIpc) is 2.34. The van der Waals surface area contributed by atoms with Crippen molar-refractivity contribution < 1.29 is 14.7 Å². The van der Waals surface area contributed by atoms with Gasteiger partial charge in [0.1, 0.15) is 12.9 Å². The van der Waals surface area contributed by atoms with Crippen LogP contribution in [0.15, 0.2) is 41.6 Å². The highest BCUT2D eigenvalue weighted by molar-refractivity contribution is 5.70. The minimum Gasteiger partial charge on any atom is -0.497 e. The first-order valence-corrected chi connectivity index (χ1v) is 4.83. The largest absolute Gasteiger partial charge is 0.497 e. The molecule has 1 N–H and O–H groups in total. The van der Waals surface area contributed by atoms with Crippen molar-refractivity contribution in [3.8, 4) is 5.75 Å². The lowest BCUT2D eigenvalue weighted by atomic mass is 10.1. The molecule has 1 rings (SSSR count). The Hall–Kier alpha value is -1.81. The fourth-order valence-corrected chi connectivity index (χ4v) is 1.16. The zero-order chi connectivity index (χ0) is 11.8. The van der Waals surface area contributed by atoms with Gasteiger partial charge in [0.05, 0.1) is 19.4 Å². The van der Waals surface area contributed by atoms with E-state index in [0.717, 1.165) is 11.3 Å². The first kappa shape index (κ1) is 12.3. The number of aliphatic hydroxyl groups is 1. The summed E-state index contributed by atoms with van der Waals surface area (Å²) in [4.78, 5) is 4.48. The smallest absolute Gasteiger partial charge is 0.118 e. The lowest BCUT2D eigenvalue weighted by Crippen LogP contribution is -1.93. The van der Waals surface area contributed by atoms with Crippen molar-refractivity contribution in [2.24, 2.45) is 5.16 Å². The Bertz CT molecular complexity index is 357. The van der Waals surface area contributed by atoms with Crippen molar-refractivity contribution in [1.82, 2.24) is 0 Å². The number of methoxy groups -OCH3 is 1. The molecular formula is C12H15NO3. The van der Waals surface area contributed by atoms with E-state index in [1.165, 1.54) is 13.3 Å². The molecule has 0 amide bonds. The number of benzene rings is 1. The molecule has 0 bridgehead atoms. The molecule has 0 aliphatic carbocycles. The summed E-state index contributed by atoms with van der Waals surface area (Å²) in [7, 11) is 3.07. The Kier molecular flexibility index (Phi) is 5.08. The molecule has 1 unspecified atom stereocenters. The van der Waals surface area contributed by atoms with E-state index in [9.17, 15) is 5.11 Å². The van der Waals surface area contributed by atoms with Gasteiger partial charge in [-0.25, -0.2) is 0 Å². The van der Waals surface area contributed by atoms with E-state index in [1.54, 1.807) is 43.5 Å². The van der Waals surface area contributed by atoms with Gasteiger partial charge < -0.3 is 14.7 Å². The van der Waals surface area contributed by atoms with Crippen LogP contribution in [-0.4, -0.2) is 25.5 Å². The van der Waals surface area contributed by atoms with Crippen LogP contribution in [0.25, 0.3) is 0 Å². The van der Waals surface area contributed by atoms with Crippen LogP contribution in [0.3, 0.4) is 0 Å². The van der Waals surface area contributed by atoms with Crippen LogP contribution in [0.5, 0.6) is 5.75 Å². The van der Waals surface area contributed by atoms with Crippen molar-refractivity contribution >= 4 is 6.21 Å². The van der Waals surface area contributed by atoms with E-state index in [4.69, 9.17) is 4.74 Å². The second-order valence-corrected chi connectivity index (χ2v) is 3.04. The molecule has 0 fully saturated rings. The lowest BCUT2D eigenvalue weighted by Gasteiger charge is -2.06. The molecule has 0 aliphatic rings. The van der Waals surface area contributed by atoms with Crippen molar-refractivity contribution in [2.75, 3.05) is 14.2 Å². The normalized spacial score (nSPS) is 13.2. The predicted molar refractivity (Wildman–Crippen MR) is 62.6 cm³/mol. The SMILES string of the molecule is CO/N=C\C=C\C(O)c1ccc(OC)cc1. The molecule has 1 aromatic rings. The molecule has 0 aromatic heterocycles. The van der Waals surface area contributed by atoms with E-state index >= 15 is 0 Å². The molecule has 4 nitrogen and oxygen atoms in total. The standard InChI is InChI=1S/C12H15NO3/c1-15-11-7-5-10(6-8-11)12(14)4-3-9-13-16-2/h3-9,12,14H,1-2H3/b4-3+,13-9-. The molecular weight excluding hydrogens is 206 g/mol. The van der Waals surface area contributed by atoms with Crippen LogP contribution >= 0.6 is 0 Å². The lowest BCUT2D eigenvalue weighted by molar-refractivity contribution is 0.215. The third kappa shape index (κ3) is 3.74. The Labute approximate surface area is 94.8 Å². The molecule has 1 atom stereocenters. The van der Waals surface area contributed by atoms with Gasteiger partial charge in [0, 0.05) is 0 Å². The van der Waals surface area contributed by atoms with Crippen molar-refractivity contribution in [3.05, 3.63) is 42.0 Å². The molecule has 0 spiro atoms. The minimum atomic E-state index is -0.658. The van der Waals surface area contributed by atoms with Crippen LogP contribution in [0.4, 0.5) is 0 Å². The second-order valence-electron chi connectivity index (χ2n) is 3.04. The summed E-state index contributed by atoms with van der Waals surface area (Å²) in [6.45, 7) is 0. The van der Waals surface area contributed by atoms with E-state index < -0.39 is 6.10 Å². The highest BCUT2D eigenvalue weighted by Crippen LogP contribution is 2.18. The van der Waals surface area contributed by atoms with Gasteiger partial charge in [-0.15, -0.1) is 0 Å². The monoisotopic (exact) mass is 221 g/mol. The van der Waals surface area contributed by atoms with E-state index in [1.807, 2.05) is 0 Å². The number of allylic oxidation sites excluding steroid dienone is 1. The van der Waals surface area contributed by atoms with Gasteiger partial charge in [-0.2, -0.15) is 0 Å². The van der Waals surface area contributed by atoms with Crippen LogP contribution in [0.2, 0.25) is 0 Å². The Morgan fingerprint density at radius 3 is 2.50 bits per heavy atom. The van der Waals surface area contributed by atoms with Gasteiger partial charge in [0.2, 0.25) is 0 Å². The minimum absolute atomic E-state index is 0.658. The third-order valence-electron chi connectivity index (χ3n) is 2.00. The summed E-state index contributed by atoms with van der Waals surface area (Å²) in [5, 5.41) is 13.3.